The van der Waals surface area contributed by atoms with E-state index in [4.69, 9.17) is 0 Å². The minimum Gasteiger partial charge on any atom is -0.481 e. The van der Waals surface area contributed by atoms with Gasteiger partial charge in [0.1, 0.15) is 0 Å². The van der Waals surface area contributed by atoms with Crippen LogP contribution in [0.5, 0.6) is 0 Å². The van der Waals surface area contributed by atoms with Crippen LogP contribution in [0.2, 0.25) is 0 Å². The summed E-state index contributed by atoms with van der Waals surface area (Å²) in [7, 11) is 0. The van der Waals surface area contributed by atoms with E-state index in [9.17, 15) is 14.7 Å². The number of hydrogen-bond acceptors (Lipinski definition) is 2. The molecule has 0 heterocycles. The number of rotatable bonds is 3. The molecule has 1 fully saturated rings. The topological polar surface area (TPSA) is 66.4 Å². The summed E-state index contributed by atoms with van der Waals surface area (Å²) in [5.41, 5.74) is 0.684. The maximum Gasteiger partial charge on any atom is 0.307 e. The molecule has 2 N–H and O–H groups in total. The molecule has 0 unspecified atom stereocenters. The number of amides is 1. The van der Waals surface area contributed by atoms with Crippen molar-refractivity contribution in [1.82, 2.24) is 0 Å². The maximum absolute atomic E-state index is 12.6. The van der Waals surface area contributed by atoms with Crippen molar-refractivity contribution >= 4 is 33.5 Å². The summed E-state index contributed by atoms with van der Waals surface area (Å²) >= 11 is 3.36. The molecule has 110 valence electrons. The smallest absolute Gasteiger partial charge is 0.307 e. The van der Waals surface area contributed by atoms with Crippen molar-refractivity contribution in [2.75, 3.05) is 5.32 Å². The standard InChI is InChI=1S/C16H16BrNO3/c17-11-2-1-3-12(8-11)18-15(19)13-9-4-6-10(7-5-9)14(13)16(20)21/h1-4,6,8-10,13-14H,5,7H2,(H,18,19)(H,20,21)/t9-,10-,13-,14+/m0/s1. The average Bonchev–Trinajstić information content (AvgIpc) is 2.47. The zero-order valence-corrected chi connectivity index (χ0v) is 12.9. The molecule has 5 heteroatoms. The molecule has 0 radical (unpaired) electrons. The van der Waals surface area contributed by atoms with Gasteiger partial charge in [-0.3, -0.25) is 9.59 Å². The first-order valence-corrected chi connectivity index (χ1v) is 7.83. The van der Waals surface area contributed by atoms with Gasteiger partial charge in [0, 0.05) is 10.2 Å². The number of hydrogen-bond donors (Lipinski definition) is 2. The van der Waals surface area contributed by atoms with Gasteiger partial charge >= 0.3 is 5.97 Å². The molecule has 0 aromatic heterocycles. The lowest BCUT2D eigenvalue weighted by Crippen LogP contribution is -2.47. The Kier molecular flexibility index (Phi) is 3.85. The van der Waals surface area contributed by atoms with Gasteiger partial charge in [-0.1, -0.05) is 34.1 Å². The van der Waals surface area contributed by atoms with Crippen molar-refractivity contribution in [1.29, 1.82) is 0 Å². The summed E-state index contributed by atoms with van der Waals surface area (Å²) in [6.07, 6.45) is 5.73. The summed E-state index contributed by atoms with van der Waals surface area (Å²) in [6, 6.07) is 7.32. The second-order valence-corrected chi connectivity index (χ2v) is 6.60. The normalized spacial score (nSPS) is 30.1. The first kappa shape index (κ1) is 14.3. The van der Waals surface area contributed by atoms with Crippen molar-refractivity contribution in [3.05, 3.63) is 40.9 Å². The molecule has 1 aromatic rings. The van der Waals surface area contributed by atoms with E-state index < -0.39 is 17.8 Å². The Labute approximate surface area is 131 Å². The molecule has 0 spiro atoms. The summed E-state index contributed by atoms with van der Waals surface area (Å²) in [5.74, 6) is -2.15. The Morgan fingerprint density at radius 3 is 2.38 bits per heavy atom. The lowest BCUT2D eigenvalue weighted by molar-refractivity contribution is -0.151. The van der Waals surface area contributed by atoms with E-state index >= 15 is 0 Å². The third-order valence-electron chi connectivity index (χ3n) is 4.43. The van der Waals surface area contributed by atoms with Crippen LogP contribution in [0.3, 0.4) is 0 Å². The van der Waals surface area contributed by atoms with E-state index in [1.165, 1.54) is 0 Å². The fourth-order valence-corrected chi connectivity index (χ4v) is 3.88. The van der Waals surface area contributed by atoms with Crippen LogP contribution in [0.1, 0.15) is 12.8 Å². The van der Waals surface area contributed by atoms with Gasteiger partial charge in [-0.2, -0.15) is 0 Å². The predicted molar refractivity (Wildman–Crippen MR) is 82.7 cm³/mol. The van der Waals surface area contributed by atoms with E-state index in [0.29, 0.717) is 5.69 Å². The minimum atomic E-state index is -0.872. The average molecular weight is 350 g/mol. The largest absolute Gasteiger partial charge is 0.481 e. The maximum atomic E-state index is 12.6. The van der Waals surface area contributed by atoms with Crippen molar-refractivity contribution in [3.8, 4) is 0 Å². The highest BCUT2D eigenvalue weighted by Gasteiger charge is 2.48. The molecule has 1 amide bonds. The third kappa shape index (κ3) is 2.75. The molecule has 0 aliphatic heterocycles. The highest BCUT2D eigenvalue weighted by molar-refractivity contribution is 9.10. The van der Waals surface area contributed by atoms with Crippen LogP contribution in [0.4, 0.5) is 5.69 Å². The zero-order valence-electron chi connectivity index (χ0n) is 11.3. The van der Waals surface area contributed by atoms with Gasteiger partial charge in [-0.05, 0) is 42.9 Å². The lowest BCUT2D eigenvalue weighted by Gasteiger charge is -2.41. The van der Waals surface area contributed by atoms with Crippen molar-refractivity contribution in [2.45, 2.75) is 12.8 Å². The van der Waals surface area contributed by atoms with E-state index in [-0.39, 0.29) is 17.7 Å². The number of carbonyl (C=O) groups excluding carboxylic acids is 1. The quantitative estimate of drug-likeness (QED) is 0.822. The highest BCUT2D eigenvalue weighted by atomic mass is 79.9. The third-order valence-corrected chi connectivity index (χ3v) is 4.92. The number of carboxylic acids is 1. The predicted octanol–water partition coefficient (Wildman–Crippen LogP) is 3.30. The zero-order chi connectivity index (χ0) is 15.0. The van der Waals surface area contributed by atoms with Gasteiger partial charge in [0.25, 0.3) is 0 Å². The lowest BCUT2D eigenvalue weighted by atomic mass is 9.62. The molecular formula is C16H16BrNO3. The molecule has 1 saturated carbocycles. The fourth-order valence-electron chi connectivity index (χ4n) is 3.48. The van der Waals surface area contributed by atoms with E-state index in [0.717, 1.165) is 17.3 Å². The highest BCUT2D eigenvalue weighted by Crippen LogP contribution is 2.45. The fraction of sp³-hybridized carbons (Fsp3) is 0.375. The number of fused-ring (bicyclic) bond motifs is 2. The van der Waals surface area contributed by atoms with Crippen LogP contribution in [-0.2, 0) is 9.59 Å². The molecule has 2 bridgehead atoms. The van der Waals surface area contributed by atoms with Gasteiger partial charge in [-0.15, -0.1) is 0 Å². The Bertz CT molecular complexity index is 613. The first-order valence-electron chi connectivity index (χ1n) is 7.04. The molecule has 3 aliphatic carbocycles. The van der Waals surface area contributed by atoms with Gasteiger partial charge in [0.05, 0.1) is 11.8 Å². The molecular weight excluding hydrogens is 334 g/mol. The molecule has 4 atom stereocenters. The number of carbonyl (C=O) groups is 2. The van der Waals surface area contributed by atoms with E-state index in [2.05, 4.69) is 21.2 Å². The number of carboxylic acid groups (broad SMARTS) is 1. The molecule has 0 saturated heterocycles. The van der Waals surface area contributed by atoms with Crippen LogP contribution in [-0.4, -0.2) is 17.0 Å². The van der Waals surface area contributed by atoms with Gasteiger partial charge in [-0.25, -0.2) is 0 Å². The number of nitrogens with one attached hydrogen (secondary N) is 1. The molecule has 21 heavy (non-hydrogen) atoms. The minimum absolute atomic E-state index is 0.0224. The monoisotopic (exact) mass is 349 g/mol. The van der Waals surface area contributed by atoms with Crippen molar-refractivity contribution in [3.63, 3.8) is 0 Å². The van der Waals surface area contributed by atoms with Gasteiger partial charge in [0.2, 0.25) is 5.91 Å². The van der Waals surface area contributed by atoms with Gasteiger partial charge in [0.15, 0.2) is 0 Å². The Balaban J connectivity index is 1.83. The summed E-state index contributed by atoms with van der Waals surface area (Å²) in [5, 5.41) is 12.3. The Hall–Kier alpha value is -1.62. The number of allylic oxidation sites excluding steroid dienone is 2. The summed E-state index contributed by atoms with van der Waals surface area (Å²) in [4.78, 5) is 24.1. The number of benzene rings is 1. The first-order chi connectivity index (χ1) is 10.1. The number of halogens is 1. The van der Waals surface area contributed by atoms with Crippen LogP contribution in [0.25, 0.3) is 0 Å². The molecule has 4 nitrogen and oxygen atoms in total. The van der Waals surface area contributed by atoms with Crippen LogP contribution >= 0.6 is 15.9 Å². The number of aliphatic carboxylic acids is 1. The molecule has 1 aromatic carbocycles. The second kappa shape index (κ2) is 5.64. The Morgan fingerprint density at radius 1 is 1.14 bits per heavy atom. The summed E-state index contributed by atoms with van der Waals surface area (Å²) < 4.78 is 0.875. The van der Waals surface area contributed by atoms with Crippen LogP contribution < -0.4 is 5.32 Å². The van der Waals surface area contributed by atoms with Crippen LogP contribution in [0, 0.1) is 23.7 Å². The van der Waals surface area contributed by atoms with Crippen molar-refractivity contribution < 1.29 is 14.7 Å². The number of anilines is 1. The van der Waals surface area contributed by atoms with Crippen molar-refractivity contribution in [2.24, 2.45) is 23.7 Å². The van der Waals surface area contributed by atoms with E-state index in [1.807, 2.05) is 30.4 Å². The SMILES string of the molecule is O=C(Nc1cccc(Br)c1)[C@@H]1[C@H](C(=O)O)[C@H]2C=C[C@H]1CC2. The molecule has 4 rings (SSSR count). The van der Waals surface area contributed by atoms with Gasteiger partial charge < -0.3 is 10.4 Å². The van der Waals surface area contributed by atoms with Crippen LogP contribution in [0.15, 0.2) is 40.9 Å². The molecule has 3 aliphatic rings. The Morgan fingerprint density at radius 2 is 1.81 bits per heavy atom. The second-order valence-electron chi connectivity index (χ2n) is 5.68. The summed E-state index contributed by atoms with van der Waals surface area (Å²) in [6.45, 7) is 0. The van der Waals surface area contributed by atoms with E-state index in [1.54, 1.807) is 6.07 Å².